The number of esters is 2. The van der Waals surface area contributed by atoms with Gasteiger partial charge in [0.15, 0.2) is 0 Å². The molecule has 2 aromatic carbocycles. The first kappa shape index (κ1) is 20.4. The first-order valence-electron chi connectivity index (χ1n) is 8.23. The Balaban J connectivity index is 2.43. The normalized spacial score (nSPS) is 10.9. The second-order valence-corrected chi connectivity index (χ2v) is 7.53. The van der Waals surface area contributed by atoms with Gasteiger partial charge in [0.25, 0.3) is 10.0 Å². The molecule has 0 saturated carbocycles. The second-order valence-electron chi connectivity index (χ2n) is 5.67. The van der Waals surface area contributed by atoms with Crippen LogP contribution >= 0.6 is 0 Å². The SMILES string of the molecule is CCOC(=O)c1ccc(N(CC(=O)OC)S(=O)(=O)c2ccc(C)cc2)cc1. The fourth-order valence-electron chi connectivity index (χ4n) is 2.31. The molecule has 0 saturated heterocycles. The predicted molar refractivity (Wildman–Crippen MR) is 100 cm³/mol. The van der Waals surface area contributed by atoms with Gasteiger partial charge in [0.2, 0.25) is 0 Å². The van der Waals surface area contributed by atoms with E-state index in [0.29, 0.717) is 0 Å². The predicted octanol–water partition coefficient (Wildman–Crippen LogP) is 2.54. The van der Waals surface area contributed by atoms with Gasteiger partial charge in [0.05, 0.1) is 29.9 Å². The van der Waals surface area contributed by atoms with E-state index in [4.69, 9.17) is 4.74 Å². The van der Waals surface area contributed by atoms with Crippen LogP contribution < -0.4 is 4.31 Å². The molecule has 0 aromatic heterocycles. The summed E-state index contributed by atoms with van der Waals surface area (Å²) < 4.78 is 36.6. The molecule has 0 aliphatic carbocycles. The second kappa shape index (κ2) is 8.68. The highest BCUT2D eigenvalue weighted by Crippen LogP contribution is 2.24. The van der Waals surface area contributed by atoms with E-state index in [0.717, 1.165) is 9.87 Å². The molecule has 0 bridgehead atoms. The third kappa shape index (κ3) is 4.85. The average molecular weight is 391 g/mol. The maximum absolute atomic E-state index is 13.0. The Hall–Kier alpha value is -2.87. The van der Waals surface area contributed by atoms with Crippen molar-refractivity contribution in [3.8, 4) is 0 Å². The molecule has 8 heteroatoms. The number of benzene rings is 2. The largest absolute Gasteiger partial charge is 0.468 e. The Bertz CT molecular complexity index is 904. The number of sulfonamides is 1. The van der Waals surface area contributed by atoms with Crippen LogP contribution in [0.3, 0.4) is 0 Å². The van der Waals surface area contributed by atoms with Crippen molar-refractivity contribution in [1.82, 2.24) is 0 Å². The monoisotopic (exact) mass is 391 g/mol. The molecule has 0 spiro atoms. The summed E-state index contributed by atoms with van der Waals surface area (Å²) in [6, 6.07) is 12.1. The summed E-state index contributed by atoms with van der Waals surface area (Å²) in [6.07, 6.45) is 0. The maximum atomic E-state index is 13.0. The van der Waals surface area contributed by atoms with Crippen LogP contribution in [0.1, 0.15) is 22.8 Å². The topological polar surface area (TPSA) is 90.0 Å². The Morgan fingerprint density at radius 2 is 1.59 bits per heavy atom. The summed E-state index contributed by atoms with van der Waals surface area (Å²) in [4.78, 5) is 23.6. The van der Waals surface area contributed by atoms with Crippen molar-refractivity contribution >= 4 is 27.6 Å². The van der Waals surface area contributed by atoms with E-state index in [-0.39, 0.29) is 22.8 Å². The standard InChI is InChI=1S/C19H21NO6S/c1-4-26-19(22)15-7-9-16(10-8-15)20(13-18(21)25-3)27(23,24)17-11-5-14(2)6-12-17/h5-12H,4,13H2,1-3H3. The van der Waals surface area contributed by atoms with Gasteiger partial charge in [-0.15, -0.1) is 0 Å². The van der Waals surface area contributed by atoms with E-state index < -0.39 is 28.5 Å². The van der Waals surface area contributed by atoms with Gasteiger partial charge in [0, 0.05) is 0 Å². The fourth-order valence-corrected chi connectivity index (χ4v) is 3.72. The van der Waals surface area contributed by atoms with Crippen molar-refractivity contribution in [3.63, 3.8) is 0 Å². The molecule has 7 nitrogen and oxygen atoms in total. The van der Waals surface area contributed by atoms with Crippen LogP contribution in [-0.4, -0.2) is 40.6 Å². The number of rotatable bonds is 7. The van der Waals surface area contributed by atoms with E-state index in [1.165, 1.54) is 43.5 Å². The van der Waals surface area contributed by atoms with Gasteiger partial charge < -0.3 is 9.47 Å². The first-order chi connectivity index (χ1) is 12.8. The zero-order valence-electron chi connectivity index (χ0n) is 15.3. The molecule has 2 rings (SSSR count). The zero-order chi connectivity index (χ0) is 20.0. The van der Waals surface area contributed by atoms with Crippen molar-refractivity contribution in [1.29, 1.82) is 0 Å². The van der Waals surface area contributed by atoms with Crippen LogP contribution in [0, 0.1) is 6.92 Å². The number of ether oxygens (including phenoxy) is 2. The molecule has 0 fully saturated rings. The molecule has 0 heterocycles. The summed E-state index contributed by atoms with van der Waals surface area (Å²) in [6.45, 7) is 3.28. The van der Waals surface area contributed by atoms with E-state index in [9.17, 15) is 18.0 Å². The highest BCUT2D eigenvalue weighted by Gasteiger charge is 2.27. The van der Waals surface area contributed by atoms with Gasteiger partial charge in [-0.25, -0.2) is 13.2 Å². The lowest BCUT2D eigenvalue weighted by Gasteiger charge is -2.23. The molecule has 27 heavy (non-hydrogen) atoms. The molecule has 0 aliphatic rings. The Labute approximate surface area is 158 Å². The number of anilines is 1. The van der Waals surface area contributed by atoms with Crippen LogP contribution in [0.15, 0.2) is 53.4 Å². The van der Waals surface area contributed by atoms with Gasteiger partial charge >= 0.3 is 11.9 Å². The van der Waals surface area contributed by atoms with Crippen molar-refractivity contribution < 1.29 is 27.5 Å². The Morgan fingerprint density at radius 1 is 1.00 bits per heavy atom. The van der Waals surface area contributed by atoms with Crippen LogP contribution in [0.2, 0.25) is 0 Å². The quantitative estimate of drug-likeness (QED) is 0.674. The highest BCUT2D eigenvalue weighted by atomic mass is 32.2. The van der Waals surface area contributed by atoms with Crippen molar-refractivity contribution in [3.05, 3.63) is 59.7 Å². The van der Waals surface area contributed by atoms with Gasteiger partial charge in [-0.3, -0.25) is 9.10 Å². The third-order valence-electron chi connectivity index (χ3n) is 3.78. The summed E-state index contributed by atoms with van der Waals surface area (Å²) in [7, 11) is -2.82. The molecule has 0 radical (unpaired) electrons. The lowest BCUT2D eigenvalue weighted by molar-refractivity contribution is -0.138. The van der Waals surface area contributed by atoms with E-state index in [1.54, 1.807) is 19.1 Å². The molecular formula is C19H21NO6S. The summed E-state index contributed by atoms with van der Waals surface area (Å²) >= 11 is 0. The summed E-state index contributed by atoms with van der Waals surface area (Å²) in [5, 5.41) is 0. The van der Waals surface area contributed by atoms with E-state index in [1.807, 2.05) is 6.92 Å². The van der Waals surface area contributed by atoms with Crippen molar-refractivity contribution in [2.45, 2.75) is 18.7 Å². The zero-order valence-corrected chi connectivity index (χ0v) is 16.2. The number of aryl methyl sites for hydroxylation is 1. The maximum Gasteiger partial charge on any atom is 0.338 e. The summed E-state index contributed by atoms with van der Waals surface area (Å²) in [5.41, 5.74) is 1.42. The molecule has 0 amide bonds. The minimum Gasteiger partial charge on any atom is -0.468 e. The lowest BCUT2D eigenvalue weighted by Crippen LogP contribution is -2.36. The molecule has 2 aromatic rings. The van der Waals surface area contributed by atoms with Crippen LogP contribution in [-0.2, 0) is 24.3 Å². The molecule has 144 valence electrons. The fraction of sp³-hybridized carbons (Fsp3) is 0.263. The summed E-state index contributed by atoms with van der Waals surface area (Å²) in [5.74, 6) is -1.22. The minimum absolute atomic E-state index is 0.0477. The molecule has 0 aliphatic heterocycles. The lowest BCUT2D eigenvalue weighted by atomic mass is 10.2. The van der Waals surface area contributed by atoms with Crippen LogP contribution in [0.4, 0.5) is 5.69 Å². The number of carbonyl (C=O) groups is 2. The number of hydrogen-bond acceptors (Lipinski definition) is 6. The van der Waals surface area contributed by atoms with Gasteiger partial charge in [-0.2, -0.15) is 0 Å². The number of carbonyl (C=O) groups excluding carboxylic acids is 2. The van der Waals surface area contributed by atoms with Crippen molar-refractivity contribution in [2.75, 3.05) is 24.6 Å². The van der Waals surface area contributed by atoms with Crippen LogP contribution in [0.25, 0.3) is 0 Å². The van der Waals surface area contributed by atoms with E-state index >= 15 is 0 Å². The van der Waals surface area contributed by atoms with Crippen LogP contribution in [0.5, 0.6) is 0 Å². The number of methoxy groups -OCH3 is 1. The Kier molecular flexibility index (Phi) is 6.57. The van der Waals surface area contributed by atoms with E-state index in [2.05, 4.69) is 4.74 Å². The molecular weight excluding hydrogens is 370 g/mol. The average Bonchev–Trinajstić information content (AvgIpc) is 2.66. The minimum atomic E-state index is -4.00. The van der Waals surface area contributed by atoms with Gasteiger partial charge in [-0.05, 0) is 50.2 Å². The van der Waals surface area contributed by atoms with Crippen molar-refractivity contribution in [2.24, 2.45) is 0 Å². The number of hydrogen-bond donors (Lipinski definition) is 0. The van der Waals surface area contributed by atoms with Gasteiger partial charge in [0.1, 0.15) is 6.54 Å². The third-order valence-corrected chi connectivity index (χ3v) is 5.56. The smallest absolute Gasteiger partial charge is 0.338 e. The molecule has 0 N–H and O–H groups in total. The highest BCUT2D eigenvalue weighted by molar-refractivity contribution is 7.92. The molecule has 0 unspecified atom stereocenters. The first-order valence-corrected chi connectivity index (χ1v) is 9.67. The Morgan fingerprint density at radius 3 is 2.11 bits per heavy atom. The van der Waals surface area contributed by atoms with Gasteiger partial charge in [-0.1, -0.05) is 17.7 Å². The molecule has 0 atom stereocenters. The number of nitrogens with zero attached hydrogens (tertiary/aromatic N) is 1.